The molecule has 8 nitrogen and oxygen atoms in total. The predicted octanol–water partition coefficient (Wildman–Crippen LogP) is 2.32. The Kier molecular flexibility index (Phi) is 3.46. The Morgan fingerprint density at radius 2 is 2.22 bits per heavy atom. The van der Waals surface area contributed by atoms with E-state index in [9.17, 15) is 9.59 Å². The minimum atomic E-state index is -0.157. The number of imidazole rings is 1. The molecule has 0 spiro atoms. The van der Waals surface area contributed by atoms with Gasteiger partial charge in [0.1, 0.15) is 11.3 Å². The van der Waals surface area contributed by atoms with Crippen LogP contribution in [0.25, 0.3) is 22.1 Å². The molecule has 1 fully saturated rings. The first-order chi connectivity index (χ1) is 13.1. The van der Waals surface area contributed by atoms with Gasteiger partial charge >= 0.3 is 5.69 Å². The third kappa shape index (κ3) is 2.48. The van der Waals surface area contributed by atoms with E-state index in [-0.39, 0.29) is 17.6 Å². The fourth-order valence-electron chi connectivity index (χ4n) is 4.12. The summed E-state index contributed by atoms with van der Waals surface area (Å²) in [5.74, 6) is -0.0193. The average Bonchev–Trinajstić information content (AvgIpc) is 3.38. The van der Waals surface area contributed by atoms with Crippen LogP contribution in [-0.4, -0.2) is 48.4 Å². The van der Waals surface area contributed by atoms with Gasteiger partial charge in [-0.05, 0) is 37.5 Å². The van der Waals surface area contributed by atoms with E-state index in [4.69, 9.17) is 0 Å². The summed E-state index contributed by atoms with van der Waals surface area (Å²) in [5.41, 5.74) is 3.78. The largest absolute Gasteiger partial charge is 0.357 e. The first-order valence-corrected chi connectivity index (χ1v) is 9.12. The highest BCUT2D eigenvalue weighted by atomic mass is 16.2. The Balaban J connectivity index is 1.55. The van der Waals surface area contributed by atoms with Crippen molar-refractivity contribution >= 4 is 28.0 Å². The lowest BCUT2D eigenvalue weighted by Crippen LogP contribution is -2.42. The van der Waals surface area contributed by atoms with Crippen molar-refractivity contribution in [3.05, 3.63) is 52.5 Å². The normalized spacial score (nSPS) is 17.8. The van der Waals surface area contributed by atoms with Crippen molar-refractivity contribution in [3.63, 3.8) is 0 Å². The Bertz CT molecular complexity index is 1210. The van der Waals surface area contributed by atoms with E-state index >= 15 is 0 Å². The molecule has 0 aliphatic carbocycles. The summed E-state index contributed by atoms with van der Waals surface area (Å²) in [6.45, 7) is 3.16. The van der Waals surface area contributed by atoms with Gasteiger partial charge in [-0.15, -0.1) is 0 Å². The van der Waals surface area contributed by atoms with Crippen LogP contribution in [0.3, 0.4) is 0 Å². The van der Waals surface area contributed by atoms with E-state index in [1.807, 2.05) is 36.4 Å². The van der Waals surface area contributed by atoms with Crippen LogP contribution in [0.2, 0.25) is 0 Å². The molecule has 4 aromatic heterocycles. The number of aromatic amines is 3. The number of likely N-dealkylation sites (tertiary alicyclic amines) is 1. The van der Waals surface area contributed by atoms with Gasteiger partial charge in [0.05, 0.1) is 23.3 Å². The smallest absolute Gasteiger partial charge is 0.326 e. The maximum Gasteiger partial charge on any atom is 0.326 e. The fourth-order valence-corrected chi connectivity index (χ4v) is 4.12. The van der Waals surface area contributed by atoms with Gasteiger partial charge < -0.3 is 19.9 Å². The summed E-state index contributed by atoms with van der Waals surface area (Å²) < 4.78 is 1.80. The molecule has 5 heterocycles. The number of nitrogens with one attached hydrogen (secondary N) is 3. The second-order valence-electron chi connectivity index (χ2n) is 7.20. The molecule has 3 N–H and O–H groups in total. The minimum absolute atomic E-state index is 0.0193. The van der Waals surface area contributed by atoms with E-state index in [0.717, 1.165) is 40.5 Å². The molecule has 4 aromatic rings. The van der Waals surface area contributed by atoms with Crippen molar-refractivity contribution in [3.8, 4) is 0 Å². The number of H-pyrrole nitrogens is 3. The molecule has 5 rings (SSSR count). The first kappa shape index (κ1) is 15.9. The third-order valence-electron chi connectivity index (χ3n) is 5.37. The maximum absolute atomic E-state index is 12.8. The maximum atomic E-state index is 12.8. The van der Waals surface area contributed by atoms with Crippen molar-refractivity contribution in [2.24, 2.45) is 0 Å². The van der Waals surface area contributed by atoms with Gasteiger partial charge in [-0.3, -0.25) is 9.36 Å². The summed E-state index contributed by atoms with van der Waals surface area (Å²) in [5, 5.41) is 0.911. The molecular weight excluding hydrogens is 344 g/mol. The summed E-state index contributed by atoms with van der Waals surface area (Å²) in [7, 11) is 0. The topological polar surface area (TPSA) is 103 Å². The highest BCUT2D eigenvalue weighted by Crippen LogP contribution is 2.28. The number of nitrogens with zero attached hydrogens (tertiary/aromatic N) is 3. The van der Waals surface area contributed by atoms with Crippen LogP contribution >= 0.6 is 0 Å². The number of rotatable bonds is 2. The molecule has 0 aromatic carbocycles. The molecule has 0 bridgehead atoms. The molecule has 1 atom stereocenters. The van der Waals surface area contributed by atoms with Crippen LogP contribution in [0.4, 0.5) is 0 Å². The van der Waals surface area contributed by atoms with Crippen LogP contribution in [0.5, 0.6) is 0 Å². The Labute approximate surface area is 154 Å². The molecule has 0 unspecified atom stereocenters. The van der Waals surface area contributed by atoms with E-state index in [0.29, 0.717) is 18.8 Å². The molecule has 1 aliphatic heterocycles. The molecule has 138 valence electrons. The highest BCUT2D eigenvalue weighted by Gasteiger charge is 2.28. The van der Waals surface area contributed by atoms with Crippen molar-refractivity contribution in [2.75, 3.05) is 13.1 Å². The lowest BCUT2D eigenvalue weighted by atomic mass is 10.0. The lowest BCUT2D eigenvalue weighted by molar-refractivity contribution is 0.0674. The first-order valence-electron chi connectivity index (χ1n) is 9.12. The van der Waals surface area contributed by atoms with Gasteiger partial charge in [-0.1, -0.05) is 0 Å². The van der Waals surface area contributed by atoms with Gasteiger partial charge in [0.25, 0.3) is 5.91 Å². The summed E-state index contributed by atoms with van der Waals surface area (Å²) in [4.78, 5) is 40.8. The SMILES string of the molecule is Cc1c[nH]c(C(=O)N2CCC[C@@H](n3c(=O)[nH]c4cnc5[nH]ccc5c43)C2)c1. The molecule has 1 saturated heterocycles. The van der Waals surface area contributed by atoms with Gasteiger partial charge in [0, 0.05) is 30.9 Å². The van der Waals surface area contributed by atoms with E-state index in [1.165, 1.54) is 0 Å². The Hall–Kier alpha value is -3.29. The number of hydrogen-bond acceptors (Lipinski definition) is 3. The molecule has 1 aliphatic rings. The highest BCUT2D eigenvalue weighted by molar-refractivity contribution is 6.01. The van der Waals surface area contributed by atoms with Crippen molar-refractivity contribution in [1.29, 1.82) is 0 Å². The number of carbonyl (C=O) groups excluding carboxylic acids is 1. The zero-order chi connectivity index (χ0) is 18.5. The zero-order valence-electron chi connectivity index (χ0n) is 15.0. The third-order valence-corrected chi connectivity index (χ3v) is 5.37. The standard InChI is InChI=1S/C19H20N6O2/c1-11-7-14(21-8-11)18(26)24-6-2-3-12(10-24)25-16-13-4-5-20-17(13)22-9-15(16)23-19(25)27/h4-5,7-9,12,21H,2-3,6,10H2,1H3,(H,20,22)(H,23,27)/t12-/m1/s1. The summed E-state index contributed by atoms with van der Waals surface area (Å²) in [6.07, 6.45) is 7.04. The average molecular weight is 364 g/mol. The van der Waals surface area contributed by atoms with Crippen LogP contribution in [0, 0.1) is 6.92 Å². The molecule has 1 amide bonds. The number of aromatic nitrogens is 5. The van der Waals surface area contributed by atoms with Crippen LogP contribution in [0.1, 0.15) is 34.9 Å². The van der Waals surface area contributed by atoms with Gasteiger partial charge in [0.15, 0.2) is 0 Å². The second kappa shape index (κ2) is 5.87. The number of pyridine rings is 1. The number of hydrogen-bond donors (Lipinski definition) is 3. The summed E-state index contributed by atoms with van der Waals surface area (Å²) in [6, 6.07) is 3.72. The Morgan fingerprint density at radius 3 is 3.04 bits per heavy atom. The van der Waals surface area contributed by atoms with E-state index in [2.05, 4.69) is 19.9 Å². The number of aryl methyl sites for hydroxylation is 1. The Morgan fingerprint density at radius 1 is 1.33 bits per heavy atom. The molecule has 8 heteroatoms. The number of piperidine rings is 1. The van der Waals surface area contributed by atoms with Gasteiger partial charge in [0.2, 0.25) is 0 Å². The quantitative estimate of drug-likeness (QED) is 0.508. The monoisotopic (exact) mass is 364 g/mol. The van der Waals surface area contributed by atoms with E-state index < -0.39 is 0 Å². The van der Waals surface area contributed by atoms with Crippen LogP contribution < -0.4 is 5.69 Å². The second-order valence-corrected chi connectivity index (χ2v) is 7.20. The lowest BCUT2D eigenvalue weighted by Gasteiger charge is -2.33. The molecule has 0 radical (unpaired) electrons. The van der Waals surface area contributed by atoms with Gasteiger partial charge in [-0.2, -0.15) is 0 Å². The van der Waals surface area contributed by atoms with Crippen LogP contribution in [-0.2, 0) is 0 Å². The van der Waals surface area contributed by atoms with Crippen LogP contribution in [0.15, 0.2) is 35.5 Å². The zero-order valence-corrected chi connectivity index (χ0v) is 15.0. The number of carbonyl (C=O) groups is 1. The fraction of sp³-hybridized carbons (Fsp3) is 0.316. The number of amides is 1. The van der Waals surface area contributed by atoms with Gasteiger partial charge in [-0.25, -0.2) is 9.78 Å². The van der Waals surface area contributed by atoms with Crippen molar-refractivity contribution in [1.82, 2.24) is 29.4 Å². The molecule has 27 heavy (non-hydrogen) atoms. The number of fused-ring (bicyclic) bond motifs is 3. The molecular formula is C19H20N6O2. The van der Waals surface area contributed by atoms with E-state index in [1.54, 1.807) is 10.8 Å². The molecule has 0 saturated carbocycles. The van der Waals surface area contributed by atoms with Crippen molar-refractivity contribution in [2.45, 2.75) is 25.8 Å². The minimum Gasteiger partial charge on any atom is -0.357 e. The summed E-state index contributed by atoms with van der Waals surface area (Å²) >= 11 is 0. The predicted molar refractivity (Wildman–Crippen MR) is 102 cm³/mol. The van der Waals surface area contributed by atoms with Crippen molar-refractivity contribution < 1.29 is 4.79 Å².